The maximum absolute atomic E-state index is 5.08. The fraction of sp³-hybridized carbons (Fsp3) is 0.364. The van der Waals surface area contributed by atoms with Gasteiger partial charge in [0.25, 0.3) is 0 Å². The highest BCUT2D eigenvalue weighted by Crippen LogP contribution is 2.11. The Kier molecular flexibility index (Phi) is 3.66. The zero-order valence-corrected chi connectivity index (χ0v) is 9.92. The van der Waals surface area contributed by atoms with Crippen LogP contribution in [0.15, 0.2) is 24.3 Å². The van der Waals surface area contributed by atoms with Crippen molar-refractivity contribution < 1.29 is 4.74 Å². The molecule has 6 heteroatoms. The summed E-state index contributed by atoms with van der Waals surface area (Å²) in [5.74, 6) is 0.671. The minimum Gasteiger partial charge on any atom is -0.380 e. The Morgan fingerprint density at radius 2 is 2.29 bits per heavy atom. The Bertz CT molecular complexity index is 482. The number of aryl methyl sites for hydroxylation is 1. The topological polar surface area (TPSA) is 64.9 Å². The Labute approximate surface area is 99.6 Å². The summed E-state index contributed by atoms with van der Waals surface area (Å²) in [6, 6.07) is 8.05. The molecular formula is C11H15N5O. The lowest BCUT2D eigenvalue weighted by atomic mass is 10.2. The van der Waals surface area contributed by atoms with Gasteiger partial charge in [-0.1, -0.05) is 12.1 Å². The fourth-order valence-corrected chi connectivity index (χ4v) is 1.51. The molecule has 0 spiro atoms. The minimum atomic E-state index is 0.560. The molecule has 0 fully saturated rings. The van der Waals surface area contributed by atoms with Crippen LogP contribution in [0.25, 0.3) is 0 Å². The third kappa shape index (κ3) is 3.25. The second-order valence-corrected chi connectivity index (χ2v) is 3.68. The second-order valence-electron chi connectivity index (χ2n) is 3.68. The first kappa shape index (κ1) is 11.5. The summed E-state index contributed by atoms with van der Waals surface area (Å²) in [4.78, 5) is 1.44. The van der Waals surface area contributed by atoms with Gasteiger partial charge in [0.2, 0.25) is 0 Å². The van der Waals surface area contributed by atoms with Crippen LogP contribution in [0.1, 0.15) is 11.4 Å². The first-order valence-electron chi connectivity index (χ1n) is 5.32. The highest BCUT2D eigenvalue weighted by Gasteiger charge is 2.00. The first-order valence-corrected chi connectivity index (χ1v) is 5.32. The summed E-state index contributed by atoms with van der Waals surface area (Å²) in [5, 5.41) is 15.0. The maximum Gasteiger partial charge on any atom is 0.193 e. The molecule has 1 aromatic heterocycles. The Hall–Kier alpha value is -1.95. The molecule has 0 aliphatic heterocycles. The van der Waals surface area contributed by atoms with E-state index in [1.165, 1.54) is 4.80 Å². The van der Waals surface area contributed by atoms with E-state index in [4.69, 9.17) is 4.74 Å². The minimum absolute atomic E-state index is 0.560. The molecule has 0 bridgehead atoms. The van der Waals surface area contributed by atoms with E-state index in [1.54, 1.807) is 14.2 Å². The molecular weight excluding hydrogens is 218 g/mol. The second kappa shape index (κ2) is 5.40. The first-order chi connectivity index (χ1) is 8.28. The molecule has 90 valence electrons. The van der Waals surface area contributed by atoms with E-state index in [2.05, 4.69) is 20.7 Å². The lowest BCUT2D eigenvalue weighted by Gasteiger charge is -2.05. The molecule has 2 aromatic rings. The van der Waals surface area contributed by atoms with Crippen molar-refractivity contribution in [2.45, 2.75) is 13.2 Å². The lowest BCUT2D eigenvalue weighted by Crippen LogP contribution is -2.02. The summed E-state index contributed by atoms with van der Waals surface area (Å²) in [6.45, 7) is 1.17. The summed E-state index contributed by atoms with van der Waals surface area (Å²) in [6.07, 6.45) is 0. The van der Waals surface area contributed by atoms with E-state index in [0.717, 1.165) is 11.3 Å². The van der Waals surface area contributed by atoms with Gasteiger partial charge in [0, 0.05) is 12.8 Å². The van der Waals surface area contributed by atoms with Crippen LogP contribution in [0.5, 0.6) is 0 Å². The number of rotatable bonds is 5. The number of tetrazole rings is 1. The predicted molar refractivity (Wildman–Crippen MR) is 63.3 cm³/mol. The number of anilines is 1. The van der Waals surface area contributed by atoms with Gasteiger partial charge in [-0.2, -0.15) is 4.80 Å². The Morgan fingerprint density at radius 1 is 1.41 bits per heavy atom. The van der Waals surface area contributed by atoms with Gasteiger partial charge in [0.15, 0.2) is 5.82 Å². The van der Waals surface area contributed by atoms with Crippen molar-refractivity contribution in [3.63, 3.8) is 0 Å². The number of methoxy groups -OCH3 is 1. The monoisotopic (exact) mass is 233 g/mol. The third-order valence-corrected chi connectivity index (χ3v) is 2.24. The molecule has 0 saturated heterocycles. The van der Waals surface area contributed by atoms with E-state index in [0.29, 0.717) is 19.0 Å². The fourth-order valence-electron chi connectivity index (χ4n) is 1.51. The van der Waals surface area contributed by atoms with Gasteiger partial charge >= 0.3 is 0 Å². The maximum atomic E-state index is 5.08. The Morgan fingerprint density at radius 3 is 3.00 bits per heavy atom. The van der Waals surface area contributed by atoms with Gasteiger partial charge in [0.05, 0.1) is 20.2 Å². The third-order valence-electron chi connectivity index (χ3n) is 2.24. The van der Waals surface area contributed by atoms with Gasteiger partial charge in [-0.15, -0.1) is 10.2 Å². The van der Waals surface area contributed by atoms with Crippen molar-refractivity contribution in [2.24, 2.45) is 7.05 Å². The van der Waals surface area contributed by atoms with E-state index in [1.807, 2.05) is 24.3 Å². The molecule has 1 heterocycles. The molecule has 1 aromatic carbocycles. The largest absolute Gasteiger partial charge is 0.380 e. The van der Waals surface area contributed by atoms with Crippen LogP contribution >= 0.6 is 0 Å². The number of nitrogens with one attached hydrogen (secondary N) is 1. The summed E-state index contributed by atoms with van der Waals surface area (Å²) in [5.41, 5.74) is 2.15. The van der Waals surface area contributed by atoms with Crippen molar-refractivity contribution in [3.8, 4) is 0 Å². The smallest absolute Gasteiger partial charge is 0.193 e. The summed E-state index contributed by atoms with van der Waals surface area (Å²) < 4.78 is 5.08. The van der Waals surface area contributed by atoms with Gasteiger partial charge in [0.1, 0.15) is 0 Å². The molecule has 0 radical (unpaired) electrons. The molecule has 2 rings (SSSR count). The molecule has 0 aliphatic carbocycles. The molecule has 6 nitrogen and oxygen atoms in total. The van der Waals surface area contributed by atoms with Crippen LogP contribution < -0.4 is 5.32 Å². The van der Waals surface area contributed by atoms with E-state index in [-0.39, 0.29) is 0 Å². The SMILES string of the molecule is COCc1cccc(NCc2nnn(C)n2)c1. The molecule has 0 saturated carbocycles. The molecule has 0 atom stereocenters. The van der Waals surface area contributed by atoms with Crippen molar-refractivity contribution in [1.82, 2.24) is 20.2 Å². The van der Waals surface area contributed by atoms with Crippen molar-refractivity contribution >= 4 is 5.69 Å². The number of benzene rings is 1. The average Bonchev–Trinajstić information content (AvgIpc) is 2.74. The molecule has 17 heavy (non-hydrogen) atoms. The van der Waals surface area contributed by atoms with Crippen molar-refractivity contribution in [3.05, 3.63) is 35.7 Å². The zero-order valence-electron chi connectivity index (χ0n) is 9.92. The van der Waals surface area contributed by atoms with Crippen LogP contribution in [-0.4, -0.2) is 27.3 Å². The number of nitrogens with zero attached hydrogens (tertiary/aromatic N) is 4. The van der Waals surface area contributed by atoms with Crippen molar-refractivity contribution in [2.75, 3.05) is 12.4 Å². The number of hydrogen-bond donors (Lipinski definition) is 1. The highest BCUT2D eigenvalue weighted by molar-refractivity contribution is 5.45. The van der Waals surface area contributed by atoms with E-state index < -0.39 is 0 Å². The van der Waals surface area contributed by atoms with Crippen LogP contribution in [-0.2, 0) is 24.9 Å². The molecule has 0 unspecified atom stereocenters. The summed E-state index contributed by atoms with van der Waals surface area (Å²) >= 11 is 0. The van der Waals surface area contributed by atoms with Gasteiger partial charge in [-0.3, -0.25) is 0 Å². The molecule has 1 N–H and O–H groups in total. The molecule has 0 amide bonds. The lowest BCUT2D eigenvalue weighted by molar-refractivity contribution is 0.185. The normalized spacial score (nSPS) is 10.5. The standard InChI is InChI=1S/C11H15N5O/c1-16-14-11(13-15-16)7-12-10-5-3-4-9(6-10)8-17-2/h3-6,12H,7-8H2,1-2H3. The van der Waals surface area contributed by atoms with Crippen molar-refractivity contribution in [1.29, 1.82) is 0 Å². The number of ether oxygens (including phenoxy) is 1. The highest BCUT2D eigenvalue weighted by atomic mass is 16.5. The average molecular weight is 233 g/mol. The summed E-state index contributed by atoms with van der Waals surface area (Å²) in [7, 11) is 3.43. The van der Waals surface area contributed by atoms with Crippen LogP contribution in [0.3, 0.4) is 0 Å². The molecule has 0 aliphatic rings. The van der Waals surface area contributed by atoms with E-state index in [9.17, 15) is 0 Å². The van der Waals surface area contributed by atoms with Gasteiger partial charge < -0.3 is 10.1 Å². The number of hydrogen-bond acceptors (Lipinski definition) is 5. The van der Waals surface area contributed by atoms with Crippen LogP contribution in [0, 0.1) is 0 Å². The van der Waals surface area contributed by atoms with Crippen LogP contribution in [0.4, 0.5) is 5.69 Å². The van der Waals surface area contributed by atoms with Gasteiger partial charge in [-0.05, 0) is 22.9 Å². The predicted octanol–water partition coefficient (Wildman–Crippen LogP) is 0.969. The quantitative estimate of drug-likeness (QED) is 0.833. The van der Waals surface area contributed by atoms with Crippen LogP contribution in [0.2, 0.25) is 0 Å². The van der Waals surface area contributed by atoms with Gasteiger partial charge in [-0.25, -0.2) is 0 Å². The number of aromatic nitrogens is 4. The zero-order chi connectivity index (χ0) is 12.1. The Balaban J connectivity index is 1.96. The van der Waals surface area contributed by atoms with E-state index >= 15 is 0 Å².